The fraction of sp³-hybridized carbons (Fsp3) is 0.200. The Hall–Kier alpha value is -2.32. The van der Waals surface area contributed by atoms with Gasteiger partial charge in [0.1, 0.15) is 11.0 Å². The highest BCUT2D eigenvalue weighted by Crippen LogP contribution is 2.20. The minimum absolute atomic E-state index is 0.123. The molecule has 1 aromatic heterocycles. The fourth-order valence-corrected chi connectivity index (χ4v) is 2.22. The molecule has 1 N–H and O–H groups in total. The van der Waals surface area contributed by atoms with Crippen molar-refractivity contribution in [1.29, 1.82) is 0 Å². The van der Waals surface area contributed by atoms with E-state index in [0.29, 0.717) is 17.8 Å². The van der Waals surface area contributed by atoms with Crippen LogP contribution in [0.4, 0.5) is 4.39 Å². The highest BCUT2D eigenvalue weighted by molar-refractivity contribution is 6.33. The molecule has 1 heterocycles. The number of benzene rings is 1. The molecule has 0 unspecified atom stereocenters. The molecule has 2 rings (SSSR count). The van der Waals surface area contributed by atoms with E-state index in [1.54, 1.807) is 19.1 Å². The third-order valence-electron chi connectivity index (χ3n) is 2.89. The Morgan fingerprint density at radius 3 is 2.76 bits per heavy atom. The number of nitrogens with one attached hydrogen (secondary N) is 1. The number of aryl methyl sites for hydroxylation is 1. The maximum atomic E-state index is 12.9. The van der Waals surface area contributed by atoms with Gasteiger partial charge in [-0.25, -0.2) is 9.07 Å². The molecular formula is C15H13ClFN3O. The van der Waals surface area contributed by atoms with Crippen LogP contribution in [0.25, 0.3) is 0 Å². The first-order valence-corrected chi connectivity index (χ1v) is 6.59. The third-order valence-corrected chi connectivity index (χ3v) is 3.27. The van der Waals surface area contributed by atoms with Crippen LogP contribution in [-0.2, 0) is 6.54 Å². The quantitative estimate of drug-likeness (QED) is 0.882. The Bertz CT molecular complexity index is 701. The molecule has 0 atom stereocenters. The van der Waals surface area contributed by atoms with Gasteiger partial charge >= 0.3 is 0 Å². The van der Waals surface area contributed by atoms with Crippen LogP contribution in [-0.4, -0.2) is 22.2 Å². The maximum absolute atomic E-state index is 12.9. The first-order chi connectivity index (χ1) is 10.0. The summed E-state index contributed by atoms with van der Waals surface area (Å²) in [7, 11) is 0. The molecule has 0 saturated heterocycles. The summed E-state index contributed by atoms with van der Waals surface area (Å²) in [6.45, 7) is 2.16. The van der Waals surface area contributed by atoms with E-state index in [9.17, 15) is 9.18 Å². The lowest BCUT2D eigenvalue weighted by Gasteiger charge is -2.04. The summed E-state index contributed by atoms with van der Waals surface area (Å²) in [5.74, 6) is 1.65. The summed E-state index contributed by atoms with van der Waals surface area (Å²) in [6, 6.07) is 6.00. The molecule has 6 heteroatoms. The average molecular weight is 306 g/mol. The van der Waals surface area contributed by atoms with Crippen molar-refractivity contribution in [3.63, 3.8) is 0 Å². The Labute approximate surface area is 126 Å². The van der Waals surface area contributed by atoms with E-state index in [1.165, 1.54) is 16.8 Å². The normalized spacial score (nSPS) is 10.2. The Morgan fingerprint density at radius 2 is 2.14 bits per heavy atom. The van der Waals surface area contributed by atoms with Crippen LogP contribution in [0, 0.1) is 25.1 Å². The van der Waals surface area contributed by atoms with Gasteiger partial charge in [-0.2, -0.15) is 5.10 Å². The molecule has 0 radical (unpaired) electrons. The minimum Gasteiger partial charge on any atom is -0.341 e. The molecular weight excluding hydrogens is 293 g/mol. The molecule has 0 spiro atoms. The van der Waals surface area contributed by atoms with Crippen LogP contribution in [0.1, 0.15) is 21.6 Å². The molecule has 0 bridgehead atoms. The van der Waals surface area contributed by atoms with Crippen LogP contribution in [0.2, 0.25) is 5.15 Å². The van der Waals surface area contributed by atoms with Crippen molar-refractivity contribution in [2.24, 2.45) is 0 Å². The zero-order valence-electron chi connectivity index (χ0n) is 11.4. The largest absolute Gasteiger partial charge is 0.341 e. The van der Waals surface area contributed by atoms with E-state index in [-0.39, 0.29) is 23.4 Å². The third kappa shape index (κ3) is 3.41. The maximum Gasteiger partial charge on any atom is 0.257 e. The van der Waals surface area contributed by atoms with E-state index in [0.717, 1.165) is 5.56 Å². The number of carbonyl (C=O) groups is 1. The summed E-state index contributed by atoms with van der Waals surface area (Å²) >= 11 is 6.20. The summed E-state index contributed by atoms with van der Waals surface area (Å²) in [5.41, 5.74) is 1.64. The molecule has 0 saturated carbocycles. The lowest BCUT2D eigenvalue weighted by molar-refractivity contribution is 0.0958. The lowest BCUT2D eigenvalue weighted by Crippen LogP contribution is -2.24. The van der Waals surface area contributed by atoms with E-state index >= 15 is 0 Å². The number of aromatic nitrogens is 2. The van der Waals surface area contributed by atoms with Crippen LogP contribution < -0.4 is 5.32 Å². The van der Waals surface area contributed by atoms with Crippen molar-refractivity contribution in [2.75, 3.05) is 6.54 Å². The Morgan fingerprint density at radius 1 is 1.48 bits per heavy atom. The number of amides is 1. The second-order valence-electron chi connectivity index (χ2n) is 4.42. The second kappa shape index (κ2) is 6.42. The predicted molar refractivity (Wildman–Crippen MR) is 78.6 cm³/mol. The van der Waals surface area contributed by atoms with Gasteiger partial charge in [-0.05, 0) is 24.6 Å². The Balaban J connectivity index is 2.24. The van der Waals surface area contributed by atoms with Gasteiger partial charge in [0.05, 0.1) is 24.3 Å². The van der Waals surface area contributed by atoms with Crippen LogP contribution in [0.3, 0.4) is 0 Å². The first-order valence-electron chi connectivity index (χ1n) is 6.22. The van der Waals surface area contributed by atoms with Crippen LogP contribution in [0.15, 0.2) is 24.3 Å². The highest BCUT2D eigenvalue weighted by Gasteiger charge is 2.19. The second-order valence-corrected chi connectivity index (χ2v) is 4.78. The molecule has 1 aromatic carbocycles. The van der Waals surface area contributed by atoms with Crippen molar-refractivity contribution in [1.82, 2.24) is 15.1 Å². The van der Waals surface area contributed by atoms with Crippen molar-refractivity contribution in [2.45, 2.75) is 13.5 Å². The molecule has 108 valence electrons. The number of halogens is 2. The van der Waals surface area contributed by atoms with E-state index in [4.69, 9.17) is 18.0 Å². The number of hydrogen-bond acceptors (Lipinski definition) is 2. The van der Waals surface area contributed by atoms with Crippen molar-refractivity contribution in [3.05, 3.63) is 52.1 Å². The Kier molecular flexibility index (Phi) is 4.61. The number of nitrogens with zero attached hydrogens (tertiary/aromatic N) is 2. The molecule has 0 aliphatic rings. The minimum atomic E-state index is -0.360. The number of hydrogen-bond donors (Lipinski definition) is 1. The summed E-state index contributed by atoms with van der Waals surface area (Å²) in [6.07, 6.45) is 5.10. The van der Waals surface area contributed by atoms with Gasteiger partial charge < -0.3 is 5.32 Å². The van der Waals surface area contributed by atoms with E-state index in [1.807, 2.05) is 0 Å². The smallest absolute Gasteiger partial charge is 0.257 e. The molecule has 0 fully saturated rings. The first kappa shape index (κ1) is 15.1. The molecule has 2 aromatic rings. The molecule has 4 nitrogen and oxygen atoms in total. The fourth-order valence-electron chi connectivity index (χ4n) is 1.90. The average Bonchev–Trinajstić information content (AvgIpc) is 2.73. The van der Waals surface area contributed by atoms with Gasteiger partial charge in [-0.3, -0.25) is 4.79 Å². The SMILES string of the molecule is C#CCNC(=O)c1c(C)nn(Cc2ccc(F)cc2)c1Cl. The van der Waals surface area contributed by atoms with Gasteiger partial charge in [0.2, 0.25) is 0 Å². The molecule has 0 aliphatic heterocycles. The summed E-state index contributed by atoms with van der Waals surface area (Å²) in [5, 5.41) is 7.02. The number of rotatable bonds is 4. The summed E-state index contributed by atoms with van der Waals surface area (Å²) < 4.78 is 14.4. The predicted octanol–water partition coefficient (Wildman–Crippen LogP) is 2.40. The van der Waals surface area contributed by atoms with E-state index < -0.39 is 0 Å². The monoisotopic (exact) mass is 305 g/mol. The van der Waals surface area contributed by atoms with Crippen molar-refractivity contribution >= 4 is 17.5 Å². The van der Waals surface area contributed by atoms with Gasteiger partial charge in [0.25, 0.3) is 5.91 Å². The van der Waals surface area contributed by atoms with Crippen molar-refractivity contribution in [3.8, 4) is 12.3 Å². The molecule has 1 amide bonds. The zero-order chi connectivity index (χ0) is 15.4. The standard InChI is InChI=1S/C15H13ClFN3O/c1-3-8-18-15(21)13-10(2)19-20(14(13)16)9-11-4-6-12(17)7-5-11/h1,4-7H,8-9H2,2H3,(H,18,21). The topological polar surface area (TPSA) is 46.9 Å². The molecule has 0 aliphatic carbocycles. The molecule has 21 heavy (non-hydrogen) atoms. The van der Waals surface area contributed by atoms with E-state index in [2.05, 4.69) is 16.3 Å². The lowest BCUT2D eigenvalue weighted by atomic mass is 10.2. The van der Waals surface area contributed by atoms with Gasteiger partial charge in [-0.1, -0.05) is 29.7 Å². The zero-order valence-corrected chi connectivity index (χ0v) is 12.1. The summed E-state index contributed by atoms with van der Waals surface area (Å²) in [4.78, 5) is 12.0. The van der Waals surface area contributed by atoms with Gasteiger partial charge in [0.15, 0.2) is 0 Å². The van der Waals surface area contributed by atoms with Gasteiger partial charge in [0, 0.05) is 0 Å². The van der Waals surface area contributed by atoms with Crippen LogP contribution in [0.5, 0.6) is 0 Å². The van der Waals surface area contributed by atoms with Crippen molar-refractivity contribution < 1.29 is 9.18 Å². The number of terminal acetylenes is 1. The highest BCUT2D eigenvalue weighted by atomic mass is 35.5. The number of carbonyl (C=O) groups excluding carboxylic acids is 1. The van der Waals surface area contributed by atoms with Gasteiger partial charge in [-0.15, -0.1) is 6.42 Å². The van der Waals surface area contributed by atoms with Crippen LogP contribution >= 0.6 is 11.6 Å².